The molecule has 0 spiro atoms. The van der Waals surface area contributed by atoms with Crippen LogP contribution in [0.1, 0.15) is 24.8 Å². The first-order valence-electron chi connectivity index (χ1n) is 5.43. The van der Waals surface area contributed by atoms with Gasteiger partial charge in [0.25, 0.3) is 0 Å². The SMILES string of the molecule is NCc1ccccc1NC(=O)CCCC(=O)O. The Bertz CT molecular complexity index is 404. The van der Waals surface area contributed by atoms with Gasteiger partial charge in [-0.05, 0) is 18.1 Å². The van der Waals surface area contributed by atoms with Crippen molar-refractivity contribution < 1.29 is 14.7 Å². The van der Waals surface area contributed by atoms with Crippen LogP contribution in [-0.2, 0) is 16.1 Å². The van der Waals surface area contributed by atoms with Crippen LogP contribution in [0.3, 0.4) is 0 Å². The minimum atomic E-state index is -0.889. The van der Waals surface area contributed by atoms with Gasteiger partial charge in [0.1, 0.15) is 0 Å². The summed E-state index contributed by atoms with van der Waals surface area (Å²) in [6, 6.07) is 7.28. The van der Waals surface area contributed by atoms with Gasteiger partial charge < -0.3 is 16.2 Å². The lowest BCUT2D eigenvalue weighted by Gasteiger charge is -2.08. The number of hydrogen-bond acceptors (Lipinski definition) is 3. The first-order valence-corrected chi connectivity index (χ1v) is 5.43. The van der Waals surface area contributed by atoms with E-state index in [4.69, 9.17) is 10.8 Å². The fraction of sp³-hybridized carbons (Fsp3) is 0.333. The van der Waals surface area contributed by atoms with Crippen molar-refractivity contribution in [3.05, 3.63) is 29.8 Å². The lowest BCUT2D eigenvalue weighted by atomic mass is 10.1. The number of benzene rings is 1. The highest BCUT2D eigenvalue weighted by Crippen LogP contribution is 2.14. The summed E-state index contributed by atoms with van der Waals surface area (Å²) in [5, 5.41) is 11.2. The maximum absolute atomic E-state index is 11.5. The number of amides is 1. The van der Waals surface area contributed by atoms with E-state index in [0.717, 1.165) is 5.56 Å². The molecule has 92 valence electrons. The molecule has 5 nitrogen and oxygen atoms in total. The van der Waals surface area contributed by atoms with Crippen LogP contribution >= 0.6 is 0 Å². The van der Waals surface area contributed by atoms with Crippen molar-refractivity contribution in [2.45, 2.75) is 25.8 Å². The Kier molecular flexibility index (Phi) is 5.16. The first-order chi connectivity index (χ1) is 8.13. The zero-order valence-corrected chi connectivity index (χ0v) is 9.48. The standard InChI is InChI=1S/C12H16N2O3/c13-8-9-4-1-2-5-10(9)14-11(15)6-3-7-12(16)17/h1-2,4-5H,3,6-8,13H2,(H,14,15)(H,16,17). The Morgan fingerprint density at radius 3 is 2.59 bits per heavy atom. The van der Waals surface area contributed by atoms with E-state index < -0.39 is 5.97 Å². The second-order valence-electron chi connectivity index (χ2n) is 3.66. The molecular weight excluding hydrogens is 220 g/mol. The monoisotopic (exact) mass is 236 g/mol. The summed E-state index contributed by atoms with van der Waals surface area (Å²) in [5.41, 5.74) is 7.09. The lowest BCUT2D eigenvalue weighted by molar-refractivity contribution is -0.137. The number of nitrogens with one attached hydrogen (secondary N) is 1. The van der Waals surface area contributed by atoms with Crippen molar-refractivity contribution in [3.63, 3.8) is 0 Å². The predicted octanol–water partition coefficient (Wildman–Crippen LogP) is 1.34. The number of anilines is 1. The highest BCUT2D eigenvalue weighted by Gasteiger charge is 2.06. The van der Waals surface area contributed by atoms with E-state index in [2.05, 4.69) is 5.32 Å². The molecule has 0 radical (unpaired) electrons. The third kappa shape index (κ3) is 4.65. The van der Waals surface area contributed by atoms with E-state index in [1.807, 2.05) is 18.2 Å². The molecule has 0 aliphatic carbocycles. The summed E-state index contributed by atoms with van der Waals surface area (Å²) in [6.07, 6.45) is 0.545. The van der Waals surface area contributed by atoms with Crippen LogP contribution in [0, 0.1) is 0 Å². The first kappa shape index (κ1) is 13.2. The normalized spacial score (nSPS) is 9.94. The molecule has 17 heavy (non-hydrogen) atoms. The number of carboxylic acids is 1. The Morgan fingerprint density at radius 2 is 1.94 bits per heavy atom. The quantitative estimate of drug-likeness (QED) is 0.694. The number of nitrogens with two attached hydrogens (primary N) is 1. The molecule has 5 heteroatoms. The van der Waals surface area contributed by atoms with Crippen LogP contribution in [0.4, 0.5) is 5.69 Å². The summed E-state index contributed by atoms with van der Waals surface area (Å²) in [6.45, 7) is 0.353. The topological polar surface area (TPSA) is 92.4 Å². The van der Waals surface area contributed by atoms with E-state index in [-0.39, 0.29) is 18.7 Å². The highest BCUT2D eigenvalue weighted by atomic mass is 16.4. The second kappa shape index (κ2) is 6.65. The molecule has 1 amide bonds. The van der Waals surface area contributed by atoms with Gasteiger partial charge in [-0.3, -0.25) is 9.59 Å². The van der Waals surface area contributed by atoms with Crippen LogP contribution in [0.2, 0.25) is 0 Å². The molecule has 1 aromatic rings. The zero-order valence-electron chi connectivity index (χ0n) is 9.48. The van der Waals surface area contributed by atoms with Crippen molar-refractivity contribution in [2.75, 3.05) is 5.32 Å². The molecule has 0 aliphatic heterocycles. The fourth-order valence-electron chi connectivity index (χ4n) is 1.43. The predicted molar refractivity (Wildman–Crippen MR) is 64.4 cm³/mol. The molecule has 0 unspecified atom stereocenters. The van der Waals surface area contributed by atoms with Crippen molar-refractivity contribution in [1.82, 2.24) is 0 Å². The molecule has 0 fully saturated rings. The van der Waals surface area contributed by atoms with Gasteiger partial charge >= 0.3 is 5.97 Å². The molecule has 1 rings (SSSR count). The highest BCUT2D eigenvalue weighted by molar-refractivity contribution is 5.91. The molecule has 1 aromatic carbocycles. The number of hydrogen-bond donors (Lipinski definition) is 3. The number of aliphatic carboxylic acids is 1. The average Bonchev–Trinajstić information content (AvgIpc) is 2.29. The van der Waals surface area contributed by atoms with Crippen molar-refractivity contribution in [2.24, 2.45) is 5.73 Å². The summed E-state index contributed by atoms with van der Waals surface area (Å²) in [4.78, 5) is 21.8. The minimum absolute atomic E-state index is 0.00591. The molecule has 0 heterocycles. The van der Waals surface area contributed by atoms with E-state index in [9.17, 15) is 9.59 Å². The van der Waals surface area contributed by atoms with Gasteiger partial charge in [0.2, 0.25) is 5.91 Å². The summed E-state index contributed by atoms with van der Waals surface area (Å²) in [5.74, 6) is -1.08. The van der Waals surface area contributed by atoms with Gasteiger partial charge in [0, 0.05) is 25.1 Å². The van der Waals surface area contributed by atoms with Gasteiger partial charge in [-0.15, -0.1) is 0 Å². The van der Waals surface area contributed by atoms with E-state index >= 15 is 0 Å². The average molecular weight is 236 g/mol. The molecule has 0 saturated carbocycles. The van der Waals surface area contributed by atoms with Gasteiger partial charge in [-0.2, -0.15) is 0 Å². The van der Waals surface area contributed by atoms with Crippen LogP contribution in [0.5, 0.6) is 0 Å². The Hall–Kier alpha value is -1.88. The van der Waals surface area contributed by atoms with Crippen molar-refractivity contribution >= 4 is 17.6 Å². The molecule has 0 aliphatic rings. The maximum Gasteiger partial charge on any atom is 0.303 e. The van der Waals surface area contributed by atoms with Crippen LogP contribution in [0.15, 0.2) is 24.3 Å². The minimum Gasteiger partial charge on any atom is -0.481 e. The molecule has 0 bridgehead atoms. The number of carbonyl (C=O) groups is 2. The number of carbonyl (C=O) groups excluding carboxylic acids is 1. The van der Waals surface area contributed by atoms with E-state index in [0.29, 0.717) is 18.7 Å². The molecule has 0 atom stereocenters. The Balaban J connectivity index is 2.47. The van der Waals surface area contributed by atoms with Crippen LogP contribution in [0.25, 0.3) is 0 Å². The smallest absolute Gasteiger partial charge is 0.303 e. The Labute approximate surface area is 99.6 Å². The molecule has 0 saturated heterocycles. The van der Waals surface area contributed by atoms with Gasteiger partial charge in [0.15, 0.2) is 0 Å². The summed E-state index contributed by atoms with van der Waals surface area (Å²) >= 11 is 0. The van der Waals surface area contributed by atoms with E-state index in [1.54, 1.807) is 6.07 Å². The fourth-order valence-corrected chi connectivity index (χ4v) is 1.43. The molecular formula is C12H16N2O3. The maximum atomic E-state index is 11.5. The Morgan fingerprint density at radius 1 is 1.24 bits per heavy atom. The van der Waals surface area contributed by atoms with Gasteiger partial charge in [-0.25, -0.2) is 0 Å². The van der Waals surface area contributed by atoms with Gasteiger partial charge in [0.05, 0.1) is 0 Å². The van der Waals surface area contributed by atoms with Crippen LogP contribution < -0.4 is 11.1 Å². The number of para-hydroxylation sites is 1. The van der Waals surface area contributed by atoms with Crippen molar-refractivity contribution in [1.29, 1.82) is 0 Å². The lowest BCUT2D eigenvalue weighted by Crippen LogP contribution is -2.14. The largest absolute Gasteiger partial charge is 0.481 e. The number of carboxylic acid groups (broad SMARTS) is 1. The third-order valence-electron chi connectivity index (χ3n) is 2.31. The zero-order chi connectivity index (χ0) is 12.7. The number of rotatable bonds is 6. The molecule has 4 N–H and O–H groups in total. The molecule has 0 aromatic heterocycles. The van der Waals surface area contributed by atoms with Crippen molar-refractivity contribution in [3.8, 4) is 0 Å². The third-order valence-corrected chi connectivity index (χ3v) is 2.31. The van der Waals surface area contributed by atoms with Gasteiger partial charge in [-0.1, -0.05) is 18.2 Å². The van der Waals surface area contributed by atoms with Crippen LogP contribution in [-0.4, -0.2) is 17.0 Å². The summed E-state index contributed by atoms with van der Waals surface area (Å²) < 4.78 is 0. The van der Waals surface area contributed by atoms with E-state index in [1.165, 1.54) is 0 Å². The second-order valence-corrected chi connectivity index (χ2v) is 3.66. The summed E-state index contributed by atoms with van der Waals surface area (Å²) in [7, 11) is 0.